The van der Waals surface area contributed by atoms with Crippen molar-refractivity contribution in [2.24, 2.45) is 0 Å². The van der Waals surface area contributed by atoms with Crippen LogP contribution >= 0.6 is 0 Å². The highest BCUT2D eigenvalue weighted by Gasteiger charge is 2.30. The average molecular weight is 243 g/mol. The first-order valence-corrected chi connectivity index (χ1v) is 6.92. The lowest BCUT2D eigenvalue weighted by Crippen LogP contribution is -2.41. The van der Waals surface area contributed by atoms with Crippen LogP contribution < -0.4 is 5.32 Å². The Balaban J connectivity index is 2.43. The molecular formula is C14H29NO2. The Morgan fingerprint density at radius 2 is 2.12 bits per heavy atom. The predicted molar refractivity (Wildman–Crippen MR) is 71.4 cm³/mol. The van der Waals surface area contributed by atoms with Crippen molar-refractivity contribution in [2.75, 3.05) is 13.7 Å². The van der Waals surface area contributed by atoms with Crippen LogP contribution in [0.3, 0.4) is 0 Å². The third-order valence-corrected chi connectivity index (χ3v) is 3.79. The molecule has 1 saturated heterocycles. The van der Waals surface area contributed by atoms with Gasteiger partial charge in [-0.3, -0.25) is 0 Å². The number of hydrogen-bond acceptors (Lipinski definition) is 3. The van der Waals surface area contributed by atoms with Crippen LogP contribution in [0.2, 0.25) is 0 Å². The van der Waals surface area contributed by atoms with Gasteiger partial charge in [0.05, 0.1) is 17.8 Å². The molecule has 3 atom stereocenters. The average Bonchev–Trinajstić information content (AvgIpc) is 2.71. The first-order chi connectivity index (χ1) is 7.98. The molecule has 0 aromatic rings. The maximum atomic E-state index is 5.97. The van der Waals surface area contributed by atoms with E-state index < -0.39 is 0 Å². The normalized spacial score (nSPS) is 27.4. The van der Waals surface area contributed by atoms with E-state index in [-0.39, 0.29) is 5.60 Å². The molecule has 0 aliphatic carbocycles. The molecule has 0 spiro atoms. The van der Waals surface area contributed by atoms with Crippen LogP contribution in [-0.2, 0) is 9.47 Å². The van der Waals surface area contributed by atoms with E-state index in [0.717, 1.165) is 19.4 Å². The Labute approximate surface area is 106 Å². The molecule has 1 aliphatic rings. The van der Waals surface area contributed by atoms with Crippen LogP contribution in [0.1, 0.15) is 53.4 Å². The summed E-state index contributed by atoms with van der Waals surface area (Å²) in [6.07, 6.45) is 5.38. The molecule has 102 valence electrons. The molecule has 1 aliphatic heterocycles. The van der Waals surface area contributed by atoms with Crippen LogP contribution in [-0.4, -0.2) is 37.5 Å². The fourth-order valence-corrected chi connectivity index (χ4v) is 2.42. The molecular weight excluding hydrogens is 214 g/mol. The van der Waals surface area contributed by atoms with Gasteiger partial charge in [0.25, 0.3) is 0 Å². The van der Waals surface area contributed by atoms with Gasteiger partial charge in [-0.15, -0.1) is 0 Å². The summed E-state index contributed by atoms with van der Waals surface area (Å²) in [7, 11) is 1.79. The molecule has 17 heavy (non-hydrogen) atoms. The zero-order valence-corrected chi connectivity index (χ0v) is 12.1. The minimum absolute atomic E-state index is 0.0299. The van der Waals surface area contributed by atoms with E-state index in [1.807, 2.05) is 0 Å². The third-order valence-electron chi connectivity index (χ3n) is 3.79. The fourth-order valence-electron chi connectivity index (χ4n) is 2.42. The van der Waals surface area contributed by atoms with Gasteiger partial charge in [0, 0.05) is 13.2 Å². The first kappa shape index (κ1) is 14.9. The van der Waals surface area contributed by atoms with E-state index in [2.05, 4.69) is 33.0 Å². The molecule has 3 heteroatoms. The van der Waals surface area contributed by atoms with Gasteiger partial charge >= 0.3 is 0 Å². The minimum Gasteiger partial charge on any atom is -0.379 e. The summed E-state index contributed by atoms with van der Waals surface area (Å²) in [5.41, 5.74) is -0.0299. The van der Waals surface area contributed by atoms with Crippen molar-refractivity contribution in [3.63, 3.8) is 0 Å². The zero-order valence-electron chi connectivity index (χ0n) is 12.1. The summed E-state index contributed by atoms with van der Waals surface area (Å²) in [4.78, 5) is 0. The highest BCUT2D eigenvalue weighted by atomic mass is 16.5. The van der Waals surface area contributed by atoms with Gasteiger partial charge in [-0.25, -0.2) is 0 Å². The fraction of sp³-hybridized carbons (Fsp3) is 1.00. The second kappa shape index (κ2) is 6.72. The van der Waals surface area contributed by atoms with Gasteiger partial charge in [-0.2, -0.15) is 0 Å². The molecule has 0 radical (unpaired) electrons. The van der Waals surface area contributed by atoms with Crippen molar-refractivity contribution in [3.05, 3.63) is 0 Å². The van der Waals surface area contributed by atoms with E-state index >= 15 is 0 Å². The molecule has 1 rings (SSSR count). The quantitative estimate of drug-likeness (QED) is 0.746. The zero-order chi connectivity index (χ0) is 12.9. The molecule has 3 unspecified atom stereocenters. The summed E-state index contributed by atoms with van der Waals surface area (Å²) in [6.45, 7) is 9.63. The molecule has 3 nitrogen and oxygen atoms in total. The Hall–Kier alpha value is -0.120. The summed E-state index contributed by atoms with van der Waals surface area (Å²) in [5, 5.41) is 3.56. The summed E-state index contributed by atoms with van der Waals surface area (Å²) in [5.74, 6) is 0. The van der Waals surface area contributed by atoms with Crippen LogP contribution in [0.4, 0.5) is 0 Å². The van der Waals surface area contributed by atoms with Gasteiger partial charge in [0.1, 0.15) is 0 Å². The van der Waals surface area contributed by atoms with Gasteiger partial charge in [-0.1, -0.05) is 6.92 Å². The lowest BCUT2D eigenvalue weighted by Gasteiger charge is -2.29. The number of rotatable bonds is 7. The van der Waals surface area contributed by atoms with Crippen molar-refractivity contribution in [3.8, 4) is 0 Å². The lowest BCUT2D eigenvalue weighted by molar-refractivity contribution is -0.00308. The molecule has 0 bridgehead atoms. The second-order valence-corrected chi connectivity index (χ2v) is 5.73. The Morgan fingerprint density at radius 3 is 2.59 bits per heavy atom. The first-order valence-electron chi connectivity index (χ1n) is 6.92. The molecule has 0 saturated carbocycles. The number of ether oxygens (including phenoxy) is 2. The lowest BCUT2D eigenvalue weighted by atomic mass is 9.95. The van der Waals surface area contributed by atoms with E-state index in [1.165, 1.54) is 12.8 Å². The number of methoxy groups -OCH3 is 1. The van der Waals surface area contributed by atoms with Crippen LogP contribution in [0, 0.1) is 0 Å². The van der Waals surface area contributed by atoms with E-state index in [4.69, 9.17) is 9.47 Å². The van der Waals surface area contributed by atoms with E-state index in [9.17, 15) is 0 Å². The SMILES string of the molecule is CCNC(CCC(C)(C)OC)C1CCC(C)O1. The van der Waals surface area contributed by atoms with Gasteiger partial charge in [-0.05, 0) is 53.0 Å². The maximum Gasteiger partial charge on any atom is 0.0732 e. The Bertz CT molecular complexity index is 218. The standard InChI is InChI=1S/C14H29NO2/c1-6-15-12(9-10-14(3,4)16-5)13-8-7-11(2)17-13/h11-13,15H,6-10H2,1-5H3. The van der Waals surface area contributed by atoms with Gasteiger partial charge < -0.3 is 14.8 Å². The van der Waals surface area contributed by atoms with Gasteiger partial charge in [0.15, 0.2) is 0 Å². The summed E-state index contributed by atoms with van der Waals surface area (Å²) in [6, 6.07) is 0.472. The summed E-state index contributed by atoms with van der Waals surface area (Å²) >= 11 is 0. The third kappa shape index (κ3) is 4.94. The molecule has 0 aromatic carbocycles. The number of nitrogens with one attached hydrogen (secondary N) is 1. The maximum absolute atomic E-state index is 5.97. The number of hydrogen-bond donors (Lipinski definition) is 1. The molecule has 1 heterocycles. The van der Waals surface area contributed by atoms with Crippen LogP contribution in [0.25, 0.3) is 0 Å². The van der Waals surface area contributed by atoms with Crippen LogP contribution in [0.15, 0.2) is 0 Å². The van der Waals surface area contributed by atoms with Crippen molar-refractivity contribution in [1.82, 2.24) is 5.32 Å². The predicted octanol–water partition coefficient (Wildman–Crippen LogP) is 2.74. The van der Waals surface area contributed by atoms with Crippen molar-refractivity contribution < 1.29 is 9.47 Å². The largest absolute Gasteiger partial charge is 0.379 e. The highest BCUT2D eigenvalue weighted by molar-refractivity contribution is 4.84. The Morgan fingerprint density at radius 1 is 1.41 bits per heavy atom. The topological polar surface area (TPSA) is 30.5 Å². The van der Waals surface area contributed by atoms with E-state index in [0.29, 0.717) is 18.2 Å². The highest BCUT2D eigenvalue weighted by Crippen LogP contribution is 2.26. The minimum atomic E-state index is -0.0299. The Kier molecular flexibility index (Phi) is 5.90. The summed E-state index contributed by atoms with van der Waals surface area (Å²) < 4.78 is 11.5. The molecule has 0 aromatic heterocycles. The van der Waals surface area contributed by atoms with Crippen molar-refractivity contribution in [1.29, 1.82) is 0 Å². The molecule has 1 N–H and O–H groups in total. The van der Waals surface area contributed by atoms with Crippen LogP contribution in [0.5, 0.6) is 0 Å². The monoisotopic (exact) mass is 243 g/mol. The molecule has 0 amide bonds. The smallest absolute Gasteiger partial charge is 0.0732 e. The van der Waals surface area contributed by atoms with E-state index in [1.54, 1.807) is 7.11 Å². The van der Waals surface area contributed by atoms with Crippen molar-refractivity contribution in [2.45, 2.75) is 77.2 Å². The second-order valence-electron chi connectivity index (χ2n) is 5.73. The van der Waals surface area contributed by atoms with Gasteiger partial charge in [0.2, 0.25) is 0 Å². The molecule has 1 fully saturated rings. The van der Waals surface area contributed by atoms with Crippen molar-refractivity contribution >= 4 is 0 Å². The number of likely N-dealkylation sites (N-methyl/N-ethyl adjacent to an activating group) is 1.